The molecule has 0 aromatic rings. The molecule has 7 heteroatoms. The van der Waals surface area contributed by atoms with Crippen LogP contribution in [-0.2, 0) is 9.63 Å². The first-order valence-corrected chi connectivity index (χ1v) is 4.68. The predicted octanol–water partition coefficient (Wildman–Crippen LogP) is 0.647. The van der Waals surface area contributed by atoms with E-state index in [4.69, 9.17) is 0 Å². The van der Waals surface area contributed by atoms with Crippen molar-refractivity contribution in [2.45, 2.75) is 12.8 Å². The fourth-order valence-electron chi connectivity index (χ4n) is 0.850. The summed E-state index contributed by atoms with van der Waals surface area (Å²) in [5.41, 5.74) is 0. The molecule has 0 bridgehead atoms. The van der Waals surface area contributed by atoms with E-state index in [0.29, 0.717) is 11.6 Å². The molecule has 0 aromatic carbocycles. The highest BCUT2D eigenvalue weighted by molar-refractivity contribution is 8.14. The van der Waals surface area contributed by atoms with Crippen molar-refractivity contribution in [3.05, 3.63) is 10.1 Å². The van der Waals surface area contributed by atoms with Crippen molar-refractivity contribution >= 4 is 22.8 Å². The fraction of sp³-hybridized carbons (Fsp3) is 0.667. The fourth-order valence-corrected chi connectivity index (χ4v) is 1.76. The Hall–Kier alpha value is -1.11. The van der Waals surface area contributed by atoms with Gasteiger partial charge in [-0.25, -0.2) is 4.84 Å². The number of aliphatic imine (C=N–C) groups is 1. The first-order valence-electron chi connectivity index (χ1n) is 3.70. The van der Waals surface area contributed by atoms with Gasteiger partial charge in [-0.1, -0.05) is 0 Å². The smallest absolute Gasteiger partial charge is 0.282 e. The molecule has 1 rings (SSSR count). The Kier molecular flexibility index (Phi) is 3.69. The van der Waals surface area contributed by atoms with Gasteiger partial charge in [0.1, 0.15) is 0 Å². The molecule has 1 aliphatic rings. The molecule has 0 radical (unpaired) electrons. The molecule has 0 fully saturated rings. The molecule has 0 N–H and O–H groups in total. The Morgan fingerprint density at radius 3 is 3.08 bits per heavy atom. The van der Waals surface area contributed by atoms with Crippen LogP contribution in [-0.4, -0.2) is 28.4 Å². The van der Waals surface area contributed by atoms with Crippen LogP contribution in [0.2, 0.25) is 0 Å². The van der Waals surface area contributed by atoms with E-state index in [9.17, 15) is 14.9 Å². The van der Waals surface area contributed by atoms with Crippen molar-refractivity contribution in [1.29, 1.82) is 0 Å². The molecular formula is C6H8N2O4S. The molecule has 0 atom stereocenters. The summed E-state index contributed by atoms with van der Waals surface area (Å²) in [6.07, 6.45) is 0.893. The molecule has 0 saturated heterocycles. The summed E-state index contributed by atoms with van der Waals surface area (Å²) in [5.74, 6) is 0.0445. The summed E-state index contributed by atoms with van der Waals surface area (Å²) in [4.78, 5) is 28.3. The molecule has 0 spiro atoms. The topological polar surface area (TPSA) is 81.8 Å². The third-order valence-electron chi connectivity index (χ3n) is 1.33. The maximum Gasteiger partial charge on any atom is 0.310 e. The van der Waals surface area contributed by atoms with Crippen LogP contribution in [0.15, 0.2) is 4.99 Å². The van der Waals surface area contributed by atoms with Crippen LogP contribution in [0.1, 0.15) is 12.8 Å². The van der Waals surface area contributed by atoms with Crippen molar-refractivity contribution in [1.82, 2.24) is 0 Å². The van der Waals surface area contributed by atoms with Crippen molar-refractivity contribution in [2.24, 2.45) is 4.99 Å². The lowest BCUT2D eigenvalue weighted by atomic mass is 10.4. The number of hydrogen-bond donors (Lipinski definition) is 0. The summed E-state index contributed by atoms with van der Waals surface area (Å²) in [5, 5.41) is 9.29. The van der Waals surface area contributed by atoms with Crippen LogP contribution in [0.5, 0.6) is 0 Å². The molecule has 0 aromatic heterocycles. The quantitative estimate of drug-likeness (QED) is 0.498. The summed E-state index contributed by atoms with van der Waals surface area (Å²) in [6, 6.07) is 0. The highest BCUT2D eigenvalue weighted by Crippen LogP contribution is 2.15. The molecule has 1 heterocycles. The van der Waals surface area contributed by atoms with Crippen molar-refractivity contribution in [3.63, 3.8) is 0 Å². The maximum atomic E-state index is 10.8. The SMILES string of the molecule is O=C(CC1=NCCCS1)O[N+](=O)[O-]. The molecular weight excluding hydrogens is 196 g/mol. The van der Waals surface area contributed by atoms with E-state index in [-0.39, 0.29) is 6.42 Å². The standard InChI is InChI=1S/C6H8N2O4S/c9-6(12-8(10)11)4-5-7-2-1-3-13-5/h1-4H2. The number of rotatable bonds is 3. The van der Waals surface area contributed by atoms with E-state index in [1.807, 2.05) is 0 Å². The van der Waals surface area contributed by atoms with E-state index in [1.165, 1.54) is 11.8 Å². The van der Waals surface area contributed by atoms with E-state index in [0.717, 1.165) is 12.2 Å². The van der Waals surface area contributed by atoms with Crippen LogP contribution in [0.4, 0.5) is 0 Å². The van der Waals surface area contributed by atoms with Gasteiger partial charge in [-0.2, -0.15) is 0 Å². The van der Waals surface area contributed by atoms with Gasteiger partial charge < -0.3 is 0 Å². The Morgan fingerprint density at radius 2 is 2.54 bits per heavy atom. The molecule has 0 unspecified atom stereocenters. The van der Waals surface area contributed by atoms with Crippen LogP contribution in [0, 0.1) is 10.1 Å². The Bertz CT molecular complexity index is 253. The summed E-state index contributed by atoms with van der Waals surface area (Å²) in [6.45, 7) is 0.689. The number of carbonyl (C=O) groups is 1. The van der Waals surface area contributed by atoms with Gasteiger partial charge in [-0.05, 0) is 6.42 Å². The second-order valence-corrected chi connectivity index (χ2v) is 3.51. The van der Waals surface area contributed by atoms with E-state index in [2.05, 4.69) is 9.83 Å². The number of hydrogen-bond acceptors (Lipinski definition) is 6. The number of thioether (sulfide) groups is 1. The van der Waals surface area contributed by atoms with Crippen LogP contribution in [0.25, 0.3) is 0 Å². The average Bonchev–Trinajstić information content (AvgIpc) is 2.04. The summed E-state index contributed by atoms with van der Waals surface area (Å²) in [7, 11) is 0. The highest BCUT2D eigenvalue weighted by atomic mass is 32.2. The average molecular weight is 204 g/mol. The molecule has 72 valence electrons. The highest BCUT2D eigenvalue weighted by Gasteiger charge is 2.13. The van der Waals surface area contributed by atoms with E-state index < -0.39 is 11.1 Å². The van der Waals surface area contributed by atoms with E-state index in [1.54, 1.807) is 0 Å². The normalized spacial score (nSPS) is 16.2. The largest absolute Gasteiger partial charge is 0.310 e. The minimum atomic E-state index is -1.10. The van der Waals surface area contributed by atoms with Crippen molar-refractivity contribution in [2.75, 3.05) is 12.3 Å². The Morgan fingerprint density at radius 1 is 1.77 bits per heavy atom. The molecule has 0 aliphatic carbocycles. The first-order chi connectivity index (χ1) is 6.18. The molecule has 0 saturated carbocycles. The summed E-state index contributed by atoms with van der Waals surface area (Å²) >= 11 is 1.45. The van der Waals surface area contributed by atoms with Crippen molar-refractivity contribution < 1.29 is 14.7 Å². The van der Waals surface area contributed by atoms with Gasteiger partial charge in [0.25, 0.3) is 0 Å². The molecule has 6 nitrogen and oxygen atoms in total. The minimum Gasteiger partial charge on any atom is -0.282 e. The monoisotopic (exact) mass is 204 g/mol. The first kappa shape index (κ1) is 9.97. The van der Waals surface area contributed by atoms with Gasteiger partial charge in [0, 0.05) is 12.3 Å². The number of carbonyl (C=O) groups excluding carboxylic acids is 1. The molecule has 1 aliphatic heterocycles. The van der Waals surface area contributed by atoms with Crippen LogP contribution < -0.4 is 0 Å². The molecule has 13 heavy (non-hydrogen) atoms. The Labute approximate surface area is 78.5 Å². The lowest BCUT2D eigenvalue weighted by Gasteiger charge is -2.08. The van der Waals surface area contributed by atoms with E-state index >= 15 is 0 Å². The van der Waals surface area contributed by atoms with Gasteiger partial charge in [0.15, 0.2) is 0 Å². The zero-order valence-corrected chi connectivity index (χ0v) is 7.58. The van der Waals surface area contributed by atoms with Gasteiger partial charge in [0.2, 0.25) is 0 Å². The van der Waals surface area contributed by atoms with Crippen LogP contribution in [0.3, 0.4) is 0 Å². The van der Waals surface area contributed by atoms with Gasteiger partial charge in [-0.15, -0.1) is 21.9 Å². The summed E-state index contributed by atoms with van der Waals surface area (Å²) < 4.78 is 0. The van der Waals surface area contributed by atoms with Crippen LogP contribution >= 0.6 is 11.8 Å². The second kappa shape index (κ2) is 4.80. The lowest BCUT2D eigenvalue weighted by Crippen LogP contribution is -2.15. The molecule has 0 amide bonds. The number of nitrogens with zero attached hydrogens (tertiary/aromatic N) is 2. The lowest BCUT2D eigenvalue weighted by molar-refractivity contribution is -0.729. The second-order valence-electron chi connectivity index (χ2n) is 2.34. The third-order valence-corrected chi connectivity index (χ3v) is 2.43. The minimum absolute atomic E-state index is 0.0916. The third kappa shape index (κ3) is 3.88. The van der Waals surface area contributed by atoms with Gasteiger partial charge >= 0.3 is 11.1 Å². The van der Waals surface area contributed by atoms with Gasteiger partial charge in [0.05, 0.1) is 11.5 Å². The van der Waals surface area contributed by atoms with Crippen molar-refractivity contribution in [3.8, 4) is 0 Å². The Balaban J connectivity index is 2.34. The van der Waals surface area contributed by atoms with Gasteiger partial charge in [-0.3, -0.25) is 9.79 Å². The predicted molar refractivity (Wildman–Crippen MR) is 47.1 cm³/mol. The maximum absolute atomic E-state index is 10.8. The zero-order chi connectivity index (χ0) is 9.68. The zero-order valence-electron chi connectivity index (χ0n) is 6.76.